The van der Waals surface area contributed by atoms with Crippen molar-refractivity contribution in [2.75, 3.05) is 25.5 Å². The topological polar surface area (TPSA) is 58.6 Å². The van der Waals surface area contributed by atoms with Crippen molar-refractivity contribution in [2.45, 2.75) is 6.42 Å². The average molecular weight is 317 g/mol. The zero-order chi connectivity index (χ0) is 14.7. The van der Waals surface area contributed by atoms with Gasteiger partial charge >= 0.3 is 12.0 Å². The molecule has 0 aromatic heterocycles. The third kappa shape index (κ3) is 3.35. The van der Waals surface area contributed by atoms with Gasteiger partial charge in [-0.1, -0.05) is 23.2 Å². The summed E-state index contributed by atoms with van der Waals surface area (Å²) in [6.07, 6.45) is 0.613. The van der Waals surface area contributed by atoms with Crippen LogP contribution in [0.3, 0.4) is 0 Å². The van der Waals surface area contributed by atoms with E-state index in [4.69, 9.17) is 23.2 Å². The van der Waals surface area contributed by atoms with Crippen LogP contribution in [0.1, 0.15) is 6.42 Å². The second-order valence-corrected chi connectivity index (χ2v) is 5.33. The van der Waals surface area contributed by atoms with Crippen LogP contribution >= 0.6 is 23.2 Å². The molecule has 0 aliphatic carbocycles. The molecule has 1 aliphatic heterocycles. The predicted molar refractivity (Wildman–Crippen MR) is 77.2 cm³/mol. The molecular formula is C13H14Cl2N2O3. The highest BCUT2D eigenvalue weighted by atomic mass is 35.5. The van der Waals surface area contributed by atoms with Crippen molar-refractivity contribution < 1.29 is 14.3 Å². The number of nitrogens with zero attached hydrogens (tertiary/aromatic N) is 1. The molecular weight excluding hydrogens is 303 g/mol. The molecule has 1 unspecified atom stereocenters. The second kappa shape index (κ2) is 6.33. The van der Waals surface area contributed by atoms with Crippen molar-refractivity contribution in [2.24, 2.45) is 5.92 Å². The van der Waals surface area contributed by atoms with E-state index in [0.29, 0.717) is 35.2 Å². The molecule has 1 heterocycles. The van der Waals surface area contributed by atoms with Gasteiger partial charge in [-0.15, -0.1) is 0 Å². The fourth-order valence-corrected chi connectivity index (χ4v) is 2.38. The number of hydrogen-bond acceptors (Lipinski definition) is 3. The van der Waals surface area contributed by atoms with E-state index in [2.05, 4.69) is 10.1 Å². The Bertz CT molecular complexity index is 536. The molecule has 1 atom stereocenters. The Morgan fingerprint density at radius 3 is 2.75 bits per heavy atom. The Morgan fingerprint density at radius 2 is 2.10 bits per heavy atom. The van der Waals surface area contributed by atoms with Crippen LogP contribution in [0.15, 0.2) is 18.2 Å². The monoisotopic (exact) mass is 316 g/mol. The Hall–Kier alpha value is -1.46. The van der Waals surface area contributed by atoms with Gasteiger partial charge in [0.15, 0.2) is 0 Å². The van der Waals surface area contributed by atoms with Crippen LogP contribution in [0.4, 0.5) is 10.5 Å². The Morgan fingerprint density at radius 1 is 1.35 bits per heavy atom. The van der Waals surface area contributed by atoms with Crippen molar-refractivity contribution >= 4 is 40.9 Å². The van der Waals surface area contributed by atoms with Crippen LogP contribution in [-0.4, -0.2) is 37.1 Å². The predicted octanol–water partition coefficient (Wildman–Crippen LogP) is 3.02. The summed E-state index contributed by atoms with van der Waals surface area (Å²) in [5, 5.41) is 3.52. The number of urea groups is 1. The summed E-state index contributed by atoms with van der Waals surface area (Å²) in [7, 11) is 1.35. The number of ether oxygens (including phenoxy) is 1. The van der Waals surface area contributed by atoms with Gasteiger partial charge in [-0.2, -0.15) is 0 Å². The number of carbonyl (C=O) groups excluding carboxylic acids is 2. The van der Waals surface area contributed by atoms with Crippen LogP contribution < -0.4 is 5.32 Å². The highest BCUT2D eigenvalue weighted by Gasteiger charge is 2.31. The Labute approximate surface area is 126 Å². The van der Waals surface area contributed by atoms with Gasteiger partial charge in [-0.25, -0.2) is 4.79 Å². The molecule has 20 heavy (non-hydrogen) atoms. The van der Waals surface area contributed by atoms with Crippen LogP contribution in [0.5, 0.6) is 0 Å². The smallest absolute Gasteiger partial charge is 0.321 e. The number of carbonyl (C=O) groups is 2. The molecule has 108 valence electrons. The highest BCUT2D eigenvalue weighted by Crippen LogP contribution is 2.25. The molecule has 2 amide bonds. The maximum absolute atomic E-state index is 12.1. The van der Waals surface area contributed by atoms with Crippen LogP contribution in [-0.2, 0) is 9.53 Å². The first kappa shape index (κ1) is 14.9. The summed E-state index contributed by atoms with van der Waals surface area (Å²) in [4.78, 5) is 25.0. The number of amides is 2. The van der Waals surface area contributed by atoms with E-state index in [1.165, 1.54) is 7.11 Å². The first-order valence-electron chi connectivity index (χ1n) is 6.10. The summed E-state index contributed by atoms with van der Waals surface area (Å²) in [5.74, 6) is -0.533. The molecule has 5 nitrogen and oxygen atoms in total. The van der Waals surface area contributed by atoms with Crippen molar-refractivity contribution in [3.63, 3.8) is 0 Å². The number of hydrogen-bond donors (Lipinski definition) is 1. The largest absolute Gasteiger partial charge is 0.469 e. The number of esters is 1. The number of rotatable bonds is 2. The summed E-state index contributed by atoms with van der Waals surface area (Å²) in [6.45, 7) is 0.882. The number of halogens is 2. The van der Waals surface area contributed by atoms with E-state index in [0.717, 1.165) is 0 Å². The van der Waals surface area contributed by atoms with Gasteiger partial charge in [0.25, 0.3) is 0 Å². The summed E-state index contributed by atoms with van der Waals surface area (Å²) >= 11 is 11.7. The molecule has 1 aromatic carbocycles. The Kier molecular flexibility index (Phi) is 4.73. The molecule has 1 aromatic rings. The normalized spacial score (nSPS) is 17.9. The molecule has 1 N–H and O–H groups in total. The summed E-state index contributed by atoms with van der Waals surface area (Å²) in [5.41, 5.74) is 0.561. The number of likely N-dealkylation sites (tertiary alicyclic amines) is 1. The molecule has 1 aliphatic rings. The molecule has 0 spiro atoms. The van der Waals surface area contributed by atoms with E-state index in [9.17, 15) is 9.59 Å². The van der Waals surface area contributed by atoms with Gasteiger partial charge in [0.2, 0.25) is 0 Å². The zero-order valence-corrected chi connectivity index (χ0v) is 12.4. The standard InChI is InChI=1S/C13H14Cl2N2O3/c1-20-12(18)8-4-5-17(7-8)13(19)16-9-2-3-10(14)11(15)6-9/h2-3,6,8H,4-5,7H2,1H3,(H,16,19). The van der Waals surface area contributed by atoms with Gasteiger partial charge in [0.05, 0.1) is 23.1 Å². The lowest BCUT2D eigenvalue weighted by molar-refractivity contribution is -0.144. The van der Waals surface area contributed by atoms with Crippen molar-refractivity contribution in [1.82, 2.24) is 4.90 Å². The van der Waals surface area contributed by atoms with Gasteiger partial charge in [-0.05, 0) is 24.6 Å². The lowest BCUT2D eigenvalue weighted by Gasteiger charge is -2.17. The fourth-order valence-electron chi connectivity index (χ4n) is 2.08. The van der Waals surface area contributed by atoms with Gasteiger partial charge in [0, 0.05) is 18.8 Å². The maximum Gasteiger partial charge on any atom is 0.321 e. The minimum Gasteiger partial charge on any atom is -0.469 e. The highest BCUT2D eigenvalue weighted by molar-refractivity contribution is 6.42. The van der Waals surface area contributed by atoms with Crippen LogP contribution in [0.25, 0.3) is 0 Å². The number of methoxy groups -OCH3 is 1. The first-order chi connectivity index (χ1) is 9.51. The van der Waals surface area contributed by atoms with Gasteiger partial charge < -0.3 is 15.0 Å². The average Bonchev–Trinajstić information content (AvgIpc) is 2.92. The Balaban J connectivity index is 1.96. The molecule has 2 rings (SSSR count). The van der Waals surface area contributed by atoms with Crippen LogP contribution in [0.2, 0.25) is 10.0 Å². The number of benzene rings is 1. The van der Waals surface area contributed by atoms with E-state index >= 15 is 0 Å². The zero-order valence-electron chi connectivity index (χ0n) is 10.9. The minimum absolute atomic E-state index is 0.250. The minimum atomic E-state index is -0.283. The molecule has 1 saturated heterocycles. The lowest BCUT2D eigenvalue weighted by atomic mass is 10.1. The van der Waals surface area contributed by atoms with E-state index in [1.807, 2.05) is 0 Å². The van der Waals surface area contributed by atoms with E-state index in [1.54, 1.807) is 23.1 Å². The van der Waals surface area contributed by atoms with Crippen LogP contribution in [0, 0.1) is 5.92 Å². The summed E-state index contributed by atoms with van der Waals surface area (Å²) < 4.78 is 4.68. The molecule has 0 radical (unpaired) electrons. The first-order valence-corrected chi connectivity index (χ1v) is 6.85. The maximum atomic E-state index is 12.1. The van der Waals surface area contributed by atoms with Crippen molar-refractivity contribution in [1.29, 1.82) is 0 Å². The second-order valence-electron chi connectivity index (χ2n) is 4.51. The molecule has 7 heteroatoms. The number of anilines is 1. The number of nitrogens with one attached hydrogen (secondary N) is 1. The lowest BCUT2D eigenvalue weighted by Crippen LogP contribution is -2.33. The third-order valence-electron chi connectivity index (χ3n) is 3.18. The SMILES string of the molecule is COC(=O)C1CCN(C(=O)Nc2ccc(Cl)c(Cl)c2)C1. The van der Waals surface area contributed by atoms with E-state index < -0.39 is 0 Å². The third-order valence-corrected chi connectivity index (χ3v) is 3.92. The van der Waals surface area contributed by atoms with E-state index in [-0.39, 0.29) is 17.9 Å². The quantitative estimate of drug-likeness (QED) is 0.853. The molecule has 0 saturated carbocycles. The van der Waals surface area contributed by atoms with Gasteiger partial charge in [-0.3, -0.25) is 4.79 Å². The molecule has 0 bridgehead atoms. The van der Waals surface area contributed by atoms with Crippen molar-refractivity contribution in [3.05, 3.63) is 28.2 Å². The molecule has 1 fully saturated rings. The summed E-state index contributed by atoms with van der Waals surface area (Å²) in [6, 6.07) is 4.59. The van der Waals surface area contributed by atoms with Gasteiger partial charge in [0.1, 0.15) is 0 Å². The van der Waals surface area contributed by atoms with Crippen molar-refractivity contribution in [3.8, 4) is 0 Å². The fraction of sp³-hybridized carbons (Fsp3) is 0.385.